The predicted molar refractivity (Wildman–Crippen MR) is 186 cm³/mol. The molecule has 4 aliphatic rings. The van der Waals surface area contributed by atoms with Crippen LogP contribution in [0, 0.1) is 11.3 Å². The fraction of sp³-hybridized carbons (Fsp3) is 0.417. The molecule has 7 rings (SSSR count). The maximum atomic E-state index is 13.1. The maximum absolute atomic E-state index is 13.1. The quantitative estimate of drug-likeness (QED) is 0.136. The molecule has 1 aliphatic carbocycles. The van der Waals surface area contributed by atoms with E-state index in [1.807, 2.05) is 12.3 Å². The van der Waals surface area contributed by atoms with Crippen molar-refractivity contribution in [2.24, 2.45) is 5.92 Å². The summed E-state index contributed by atoms with van der Waals surface area (Å²) in [5, 5.41) is 17.1. The van der Waals surface area contributed by atoms with Crippen LogP contribution in [0.3, 0.4) is 0 Å². The lowest BCUT2D eigenvalue weighted by molar-refractivity contribution is -0.136. The zero-order valence-corrected chi connectivity index (χ0v) is 27.6. The van der Waals surface area contributed by atoms with Gasteiger partial charge >= 0.3 is 0 Å². The Balaban J connectivity index is 0.868. The summed E-state index contributed by atoms with van der Waals surface area (Å²) < 4.78 is 0. The second-order valence-corrected chi connectivity index (χ2v) is 13.4. The van der Waals surface area contributed by atoms with Gasteiger partial charge in [-0.05, 0) is 81.5 Å². The molecule has 13 heteroatoms. The number of piperidine rings is 1. The SMILES string of the molecule is CN1CCN(c2ccc3ncc(/C(C=N)=C/NC4CC(CCCNc5ccc6c(c5)C(=O)N(C5CCC(=O)NC5=O)C6=O)C4)nc3c2)CC1. The number of nitrogens with one attached hydrogen (secondary N) is 4. The van der Waals surface area contributed by atoms with Crippen molar-refractivity contribution in [3.8, 4) is 0 Å². The Morgan fingerprint density at radius 1 is 1.00 bits per heavy atom. The first kappa shape index (κ1) is 32.4. The minimum atomic E-state index is -0.970. The third-order valence-electron chi connectivity index (χ3n) is 10.1. The molecule has 4 heterocycles. The lowest BCUT2D eigenvalue weighted by Gasteiger charge is -2.36. The third kappa shape index (κ3) is 6.75. The first-order valence-electron chi connectivity index (χ1n) is 17.0. The van der Waals surface area contributed by atoms with Gasteiger partial charge < -0.3 is 25.8 Å². The van der Waals surface area contributed by atoms with E-state index >= 15 is 0 Å². The molecule has 1 atom stereocenters. The van der Waals surface area contributed by atoms with Crippen molar-refractivity contribution in [2.45, 2.75) is 50.6 Å². The second kappa shape index (κ2) is 13.7. The fourth-order valence-corrected chi connectivity index (χ4v) is 7.11. The van der Waals surface area contributed by atoms with E-state index in [2.05, 4.69) is 49.9 Å². The molecule has 4 N–H and O–H groups in total. The zero-order chi connectivity index (χ0) is 34.1. The number of fused-ring (bicyclic) bond motifs is 2. The van der Waals surface area contributed by atoms with Gasteiger partial charge in [0.2, 0.25) is 11.8 Å². The number of aromatic nitrogens is 2. The Hall–Kier alpha value is -5.17. The summed E-state index contributed by atoms with van der Waals surface area (Å²) in [6.07, 6.45) is 9.27. The van der Waals surface area contributed by atoms with Crippen LogP contribution < -0.4 is 20.9 Å². The molecule has 0 bridgehead atoms. The van der Waals surface area contributed by atoms with Gasteiger partial charge in [0.05, 0.1) is 34.1 Å². The lowest BCUT2D eigenvalue weighted by atomic mass is 9.77. The van der Waals surface area contributed by atoms with Crippen LogP contribution >= 0.6 is 0 Å². The van der Waals surface area contributed by atoms with Gasteiger partial charge in [0.25, 0.3) is 11.8 Å². The molecule has 1 aromatic heterocycles. The number of likely N-dealkylation sites (N-methyl/N-ethyl adjacent to an activating group) is 1. The normalized spacial score (nSPS) is 23.0. The maximum Gasteiger partial charge on any atom is 0.262 e. The van der Waals surface area contributed by atoms with Crippen LogP contribution in [0.25, 0.3) is 16.6 Å². The van der Waals surface area contributed by atoms with Crippen molar-refractivity contribution in [2.75, 3.05) is 50.0 Å². The molecule has 3 fully saturated rings. The van der Waals surface area contributed by atoms with Gasteiger partial charge in [-0.3, -0.25) is 34.4 Å². The molecule has 3 aromatic rings. The Kier molecular flexibility index (Phi) is 9.09. The minimum absolute atomic E-state index is 0.0921. The molecule has 2 aromatic carbocycles. The molecule has 2 saturated heterocycles. The van der Waals surface area contributed by atoms with Gasteiger partial charge in [0.1, 0.15) is 6.04 Å². The first-order chi connectivity index (χ1) is 23.8. The van der Waals surface area contributed by atoms with E-state index in [0.29, 0.717) is 23.2 Å². The van der Waals surface area contributed by atoms with Gasteiger partial charge in [0, 0.05) is 74.5 Å². The summed E-state index contributed by atoms with van der Waals surface area (Å²) in [7, 11) is 2.15. The van der Waals surface area contributed by atoms with E-state index in [9.17, 15) is 19.2 Å². The first-order valence-corrected chi connectivity index (χ1v) is 17.0. The average molecular weight is 664 g/mol. The number of piperazine rings is 1. The number of carbonyl (C=O) groups is 4. The molecule has 49 heavy (non-hydrogen) atoms. The summed E-state index contributed by atoms with van der Waals surface area (Å²) >= 11 is 0. The van der Waals surface area contributed by atoms with Gasteiger partial charge in [-0.15, -0.1) is 0 Å². The van der Waals surface area contributed by atoms with Crippen LogP contribution in [0.2, 0.25) is 0 Å². The lowest BCUT2D eigenvalue weighted by Crippen LogP contribution is -2.54. The van der Waals surface area contributed by atoms with Crippen molar-refractivity contribution in [1.29, 1.82) is 5.41 Å². The number of allylic oxidation sites excluding steroid dienone is 1. The Bertz CT molecular complexity index is 1850. The number of carbonyl (C=O) groups excluding carboxylic acids is 4. The summed E-state index contributed by atoms with van der Waals surface area (Å²) in [6, 6.07) is 10.7. The number of benzene rings is 2. The number of anilines is 2. The summed E-state index contributed by atoms with van der Waals surface area (Å²) in [5.74, 6) is -1.41. The second-order valence-electron chi connectivity index (χ2n) is 13.4. The number of rotatable bonds is 11. The molecule has 13 nitrogen and oxygen atoms in total. The predicted octanol–water partition coefficient (Wildman–Crippen LogP) is 3.03. The Morgan fingerprint density at radius 2 is 1.80 bits per heavy atom. The molecular formula is C36H41N9O4. The largest absolute Gasteiger partial charge is 0.388 e. The van der Waals surface area contributed by atoms with Gasteiger partial charge in [-0.1, -0.05) is 0 Å². The van der Waals surface area contributed by atoms with Crippen LogP contribution in [0.1, 0.15) is 64.9 Å². The Labute approximate surface area is 284 Å². The number of amides is 4. The highest BCUT2D eigenvalue weighted by atomic mass is 16.2. The van der Waals surface area contributed by atoms with E-state index in [1.165, 1.54) is 6.21 Å². The molecule has 1 unspecified atom stereocenters. The van der Waals surface area contributed by atoms with Crippen molar-refractivity contribution in [3.63, 3.8) is 0 Å². The standard InChI is InChI=1S/C36H41N9O4/c1-43-11-13-44(14-12-43)26-5-7-29-30(18-26)41-31(21-40-29)23(19-37)20-39-25-15-22(16-25)3-2-10-38-24-4-6-27-28(17-24)36(49)45(35(27)48)32-8-9-33(46)42-34(32)47/h4-7,17-22,25,32,37-39H,2-3,8-16H2,1H3,(H,42,46,47)/b23-20+,37-19?. The van der Waals surface area contributed by atoms with E-state index in [1.54, 1.807) is 24.4 Å². The number of imide groups is 2. The molecule has 254 valence electrons. The van der Waals surface area contributed by atoms with Crippen molar-refractivity contribution in [3.05, 3.63) is 65.6 Å². The molecular weight excluding hydrogens is 622 g/mol. The smallest absolute Gasteiger partial charge is 0.262 e. The van der Waals surface area contributed by atoms with E-state index in [4.69, 9.17) is 10.4 Å². The van der Waals surface area contributed by atoms with Crippen LogP contribution in [-0.2, 0) is 9.59 Å². The highest BCUT2D eigenvalue weighted by Crippen LogP contribution is 2.33. The number of hydrogen-bond acceptors (Lipinski definition) is 11. The van der Waals surface area contributed by atoms with Gasteiger partial charge in [0.15, 0.2) is 0 Å². The molecule has 1 saturated carbocycles. The Morgan fingerprint density at radius 3 is 2.57 bits per heavy atom. The van der Waals surface area contributed by atoms with E-state index < -0.39 is 29.7 Å². The highest BCUT2D eigenvalue weighted by molar-refractivity contribution is 6.23. The molecule has 0 spiro atoms. The summed E-state index contributed by atoms with van der Waals surface area (Å²) in [5.41, 5.74) is 5.48. The van der Waals surface area contributed by atoms with Gasteiger partial charge in [-0.25, -0.2) is 4.98 Å². The van der Waals surface area contributed by atoms with Crippen molar-refractivity contribution < 1.29 is 19.2 Å². The summed E-state index contributed by atoms with van der Waals surface area (Å²) in [6.45, 7) is 4.76. The fourth-order valence-electron chi connectivity index (χ4n) is 7.11. The van der Waals surface area contributed by atoms with Crippen molar-refractivity contribution >= 4 is 57.8 Å². The number of hydrogen-bond donors (Lipinski definition) is 4. The van der Waals surface area contributed by atoms with E-state index in [0.717, 1.165) is 85.7 Å². The molecule has 3 aliphatic heterocycles. The third-order valence-corrected chi connectivity index (χ3v) is 10.1. The van der Waals surface area contributed by atoms with Crippen LogP contribution in [0.4, 0.5) is 11.4 Å². The average Bonchev–Trinajstić information content (AvgIpc) is 3.33. The topological polar surface area (TPSA) is 164 Å². The summed E-state index contributed by atoms with van der Waals surface area (Å²) in [4.78, 5) is 65.0. The molecule has 0 radical (unpaired) electrons. The van der Waals surface area contributed by atoms with Crippen molar-refractivity contribution in [1.82, 2.24) is 30.4 Å². The number of nitrogens with zero attached hydrogens (tertiary/aromatic N) is 5. The molecule has 4 amide bonds. The highest BCUT2D eigenvalue weighted by Gasteiger charge is 2.44. The van der Waals surface area contributed by atoms with Crippen LogP contribution in [0.15, 0.2) is 48.8 Å². The van der Waals surface area contributed by atoms with E-state index in [-0.39, 0.29) is 24.0 Å². The zero-order valence-electron chi connectivity index (χ0n) is 27.6. The van der Waals surface area contributed by atoms with Crippen LogP contribution in [0.5, 0.6) is 0 Å². The minimum Gasteiger partial charge on any atom is -0.388 e. The van der Waals surface area contributed by atoms with Crippen LogP contribution in [-0.4, -0.2) is 101 Å². The monoisotopic (exact) mass is 663 g/mol. The van der Waals surface area contributed by atoms with Gasteiger partial charge in [-0.2, -0.15) is 0 Å².